The molecule has 0 radical (unpaired) electrons. The van der Waals surface area contributed by atoms with Crippen molar-refractivity contribution in [1.82, 2.24) is 21.3 Å². The van der Waals surface area contributed by atoms with E-state index >= 15 is 0 Å². The summed E-state index contributed by atoms with van der Waals surface area (Å²) in [6, 6.07) is 10.8. The van der Waals surface area contributed by atoms with E-state index in [2.05, 4.69) is 21.3 Å². The number of ether oxygens (including phenoxy) is 1. The van der Waals surface area contributed by atoms with Crippen molar-refractivity contribution >= 4 is 98.8 Å². The van der Waals surface area contributed by atoms with Gasteiger partial charge in [-0.3, -0.25) is 38.4 Å². The normalized spacial score (nSPS) is 17.9. The van der Waals surface area contributed by atoms with Gasteiger partial charge in [-0.2, -0.15) is 22.7 Å². The third kappa shape index (κ3) is 18.6. The molecule has 8 rings (SSSR count). The van der Waals surface area contributed by atoms with Crippen LogP contribution in [0.5, 0.6) is 0 Å². The molecule has 0 spiro atoms. The molecule has 2 fully saturated rings. The molecular weight excluding hydrogens is 1110 g/mol. The second-order valence-electron chi connectivity index (χ2n) is 22.9. The number of carbonyl (C=O) groups excluding carboxylic acids is 8. The molecule has 2 aromatic heterocycles. The first-order chi connectivity index (χ1) is 38.7. The molecule has 8 amide bonds. The van der Waals surface area contributed by atoms with Crippen molar-refractivity contribution in [2.45, 2.75) is 183 Å². The Bertz CT molecular complexity index is 2930. The third-order valence-electron chi connectivity index (χ3n) is 13.8. The number of nitrogens with zero attached hydrogens (tertiary/aromatic N) is 4. The first kappa shape index (κ1) is 69.3. The summed E-state index contributed by atoms with van der Waals surface area (Å²) in [6.45, 7) is 18.0. The van der Waals surface area contributed by atoms with Crippen LogP contribution in [0.1, 0.15) is 138 Å². The van der Waals surface area contributed by atoms with Gasteiger partial charge in [-0.15, -0.1) is 0 Å². The van der Waals surface area contributed by atoms with Crippen LogP contribution in [-0.4, -0.2) is 113 Å². The standard InChI is InChI=1S/C27H35N5O4S.C24H30N4O3S.C8H15NO4.2CH4/c1-16(2)12-20(29-25(34)17(3)28)26(35)30-21-13-19-6-4-7-22(31-10-5-8-23(31)33)24(19)32(27(21)36)14-18-9-11-37-15-18;1-15(2)11-18(25)23(30)26-19-12-17-5-3-6-20(27-9-4-7-21(27)29)22(17)28(24(19)31)13-16-8-10-32-14-16;1-5(6(10)11)9-7(12)13-8(2,3)4;;/h4,6-7,9,11,15-17,20-21H,5,8,10,12-14,28H2,1-3H3,(H,29,34)(H,30,35);3,5-6,8,10,14-15,18-19H,4,7,9,11-13,25H2,1-2H3,(H,26,30);5H,1-4H3,(H,9,12)(H,10,11);2*1H4/t17-,20+,21?;18-,19?;5-;;/m010../s1. The Hall–Kier alpha value is -7.21. The molecule has 2 aromatic carbocycles. The van der Waals surface area contributed by atoms with Crippen LogP contribution in [0.3, 0.4) is 0 Å². The number of fused-ring (bicyclic) bond motifs is 2. The molecule has 6 atom stereocenters. The van der Waals surface area contributed by atoms with Gasteiger partial charge in [-0.25, -0.2) is 4.79 Å². The quantitative estimate of drug-likeness (QED) is 0.0511. The molecule has 0 aliphatic carbocycles. The first-order valence-electron chi connectivity index (χ1n) is 27.9. The van der Waals surface area contributed by atoms with Crippen LogP contribution in [0.15, 0.2) is 70.1 Å². The smallest absolute Gasteiger partial charge is 0.408 e. The van der Waals surface area contributed by atoms with E-state index in [4.69, 9.17) is 21.3 Å². The summed E-state index contributed by atoms with van der Waals surface area (Å²) >= 11 is 3.12. The van der Waals surface area contributed by atoms with Crippen molar-refractivity contribution in [3.8, 4) is 0 Å². The van der Waals surface area contributed by atoms with Crippen molar-refractivity contribution in [3.05, 3.63) is 92.3 Å². The number of nitrogens with one attached hydrogen (secondary N) is 4. The van der Waals surface area contributed by atoms with E-state index in [1.165, 1.54) is 6.92 Å². The highest BCUT2D eigenvalue weighted by molar-refractivity contribution is 7.08. The predicted octanol–water partition coefficient (Wildman–Crippen LogP) is 7.41. The molecule has 4 aliphatic rings. The lowest BCUT2D eigenvalue weighted by Gasteiger charge is -2.37. The number of nitrogens with two attached hydrogens (primary N) is 2. The van der Waals surface area contributed by atoms with E-state index in [1.807, 2.05) is 97.7 Å². The predicted molar refractivity (Wildman–Crippen MR) is 331 cm³/mol. The number of alkyl carbamates (subject to hydrolysis) is 1. The lowest BCUT2D eigenvalue weighted by atomic mass is 9.94. The Morgan fingerprint density at radius 2 is 1.11 bits per heavy atom. The minimum atomic E-state index is -1.09. The molecule has 6 heterocycles. The molecule has 21 nitrogen and oxygen atoms in total. The van der Waals surface area contributed by atoms with E-state index < -0.39 is 65.7 Å². The fraction of sp³-hybridized carbons (Fsp3) is 0.525. The fourth-order valence-corrected chi connectivity index (χ4v) is 11.3. The number of para-hydroxylation sites is 2. The number of thiophene rings is 2. The summed E-state index contributed by atoms with van der Waals surface area (Å²) in [5, 5.41) is 27.1. The number of hydrogen-bond acceptors (Lipinski definition) is 14. The zero-order valence-corrected chi connectivity index (χ0v) is 50.0. The van der Waals surface area contributed by atoms with Gasteiger partial charge in [0.15, 0.2) is 0 Å². The largest absolute Gasteiger partial charge is 0.480 e. The van der Waals surface area contributed by atoms with Crippen LogP contribution in [0.25, 0.3) is 0 Å². The zero-order valence-electron chi connectivity index (χ0n) is 48.3. The second-order valence-corrected chi connectivity index (χ2v) is 24.5. The lowest BCUT2D eigenvalue weighted by Crippen LogP contribution is -2.58. The summed E-state index contributed by atoms with van der Waals surface area (Å²) in [5.41, 5.74) is 18.0. The number of hydrogen-bond donors (Lipinski definition) is 7. The van der Waals surface area contributed by atoms with Gasteiger partial charge in [0.1, 0.15) is 29.8 Å². The van der Waals surface area contributed by atoms with E-state index in [0.29, 0.717) is 64.7 Å². The highest BCUT2D eigenvalue weighted by atomic mass is 32.1. The summed E-state index contributed by atoms with van der Waals surface area (Å²) in [4.78, 5) is 119. The van der Waals surface area contributed by atoms with Crippen LogP contribution in [0.2, 0.25) is 0 Å². The third-order valence-corrected chi connectivity index (χ3v) is 15.3. The van der Waals surface area contributed by atoms with Gasteiger partial charge in [-0.1, -0.05) is 66.8 Å². The van der Waals surface area contributed by atoms with Crippen molar-refractivity contribution in [2.24, 2.45) is 23.3 Å². The number of rotatable bonds is 18. The molecule has 9 N–H and O–H groups in total. The molecule has 23 heteroatoms. The summed E-state index contributed by atoms with van der Waals surface area (Å²) in [5.74, 6) is -2.08. The molecule has 2 saturated heterocycles. The molecule has 4 aromatic rings. The molecule has 460 valence electrons. The van der Waals surface area contributed by atoms with Crippen LogP contribution < -0.4 is 52.3 Å². The van der Waals surface area contributed by atoms with Gasteiger partial charge < -0.3 is 62.2 Å². The minimum Gasteiger partial charge on any atom is -0.480 e. The Balaban J connectivity index is 0.000000295. The van der Waals surface area contributed by atoms with Crippen LogP contribution >= 0.6 is 22.7 Å². The van der Waals surface area contributed by atoms with Gasteiger partial charge >= 0.3 is 12.1 Å². The molecule has 0 saturated carbocycles. The average molecular weight is 1200 g/mol. The number of amides is 8. The Labute approximate surface area is 502 Å². The van der Waals surface area contributed by atoms with Crippen molar-refractivity contribution in [1.29, 1.82) is 0 Å². The van der Waals surface area contributed by atoms with E-state index in [9.17, 15) is 43.2 Å². The molecule has 84 heavy (non-hydrogen) atoms. The highest BCUT2D eigenvalue weighted by Gasteiger charge is 2.41. The summed E-state index contributed by atoms with van der Waals surface area (Å²) < 4.78 is 4.85. The SMILES string of the molecule is C.C.CC(C)C[C@@H](N)C(=O)NC1Cc2cccc(N3CCCC3=O)c2N(Cc2ccsc2)C1=O.CC(C)C[C@@H](NC(=O)[C@H](C)N)C(=O)NC1Cc2cccc(N3CCCC3=O)c2N(Cc2ccsc2)C1=O.C[C@H](NC(=O)OC(C)(C)C)C(=O)O. The zero-order chi connectivity index (χ0) is 60.2. The Kier molecular flexibility index (Phi) is 25.6. The number of benzene rings is 2. The second kappa shape index (κ2) is 31.1. The van der Waals surface area contributed by atoms with Crippen molar-refractivity contribution < 1.29 is 53.0 Å². The molecule has 0 bridgehead atoms. The number of carbonyl (C=O) groups is 9. The monoisotopic (exact) mass is 1200 g/mol. The van der Waals surface area contributed by atoms with Gasteiger partial charge in [0.25, 0.3) is 0 Å². The molecular formula is C61H88N10O11S2. The maximum atomic E-state index is 13.9. The number of aliphatic carboxylic acids is 1. The average Bonchev–Trinajstić information content (AvgIpc) is 1.67. The van der Waals surface area contributed by atoms with E-state index in [-0.39, 0.29) is 56.2 Å². The van der Waals surface area contributed by atoms with E-state index in [0.717, 1.165) is 57.8 Å². The van der Waals surface area contributed by atoms with Gasteiger partial charge in [0.2, 0.25) is 41.4 Å². The van der Waals surface area contributed by atoms with Crippen LogP contribution in [0.4, 0.5) is 27.5 Å². The lowest BCUT2D eigenvalue weighted by molar-refractivity contribution is -0.139. The number of anilines is 4. The highest BCUT2D eigenvalue weighted by Crippen LogP contribution is 2.42. The van der Waals surface area contributed by atoms with Crippen LogP contribution in [-0.2, 0) is 69.0 Å². The Morgan fingerprint density at radius 3 is 1.48 bits per heavy atom. The van der Waals surface area contributed by atoms with Crippen molar-refractivity contribution in [3.63, 3.8) is 0 Å². The Morgan fingerprint density at radius 1 is 0.655 bits per heavy atom. The molecule has 4 aliphatic heterocycles. The summed E-state index contributed by atoms with van der Waals surface area (Å²) in [6.07, 6.45) is 3.54. The molecule has 2 unspecified atom stereocenters. The van der Waals surface area contributed by atoms with Gasteiger partial charge in [-0.05, 0) is 140 Å². The fourth-order valence-electron chi connectivity index (χ4n) is 9.95. The van der Waals surface area contributed by atoms with Gasteiger partial charge in [0, 0.05) is 38.8 Å². The minimum absolute atomic E-state index is 0. The van der Waals surface area contributed by atoms with E-state index in [1.54, 1.807) is 70.0 Å². The number of carboxylic acids is 1. The summed E-state index contributed by atoms with van der Waals surface area (Å²) in [7, 11) is 0. The maximum Gasteiger partial charge on any atom is 0.408 e. The van der Waals surface area contributed by atoms with Crippen LogP contribution in [0, 0.1) is 11.8 Å². The maximum absolute atomic E-state index is 13.9. The topological polar surface area (TPSA) is 296 Å². The van der Waals surface area contributed by atoms with Gasteiger partial charge in [0.05, 0.1) is 47.9 Å². The number of carboxylic acid groups (broad SMARTS) is 1. The van der Waals surface area contributed by atoms with Crippen molar-refractivity contribution in [2.75, 3.05) is 32.7 Å². The first-order valence-corrected chi connectivity index (χ1v) is 29.7.